The van der Waals surface area contributed by atoms with E-state index in [1.807, 2.05) is 6.07 Å². The van der Waals surface area contributed by atoms with Crippen LogP contribution < -0.4 is 4.72 Å². The zero-order valence-electron chi connectivity index (χ0n) is 9.46. The number of carboxylic acids is 1. The first-order valence-corrected chi connectivity index (χ1v) is 6.76. The standard InChI is InChI=1S/C11H12N2O4S/c12-7-5-9-1-3-10(4-2-9)13-18(16,17)8-6-11(14)15/h1-4,13H,5-6,8H2,(H,14,15). The van der Waals surface area contributed by atoms with Gasteiger partial charge in [0.2, 0.25) is 10.0 Å². The highest BCUT2D eigenvalue weighted by atomic mass is 32.2. The van der Waals surface area contributed by atoms with Crippen molar-refractivity contribution in [2.45, 2.75) is 12.8 Å². The van der Waals surface area contributed by atoms with Gasteiger partial charge >= 0.3 is 5.97 Å². The van der Waals surface area contributed by atoms with E-state index in [-0.39, 0.29) is 6.42 Å². The maximum atomic E-state index is 11.5. The summed E-state index contributed by atoms with van der Waals surface area (Å²) in [4.78, 5) is 10.3. The number of carbonyl (C=O) groups is 1. The van der Waals surface area contributed by atoms with Crippen LogP contribution in [0, 0.1) is 11.3 Å². The van der Waals surface area contributed by atoms with Crippen LogP contribution in [0.15, 0.2) is 24.3 Å². The van der Waals surface area contributed by atoms with Gasteiger partial charge in [-0.2, -0.15) is 5.26 Å². The number of hydrogen-bond acceptors (Lipinski definition) is 4. The van der Waals surface area contributed by atoms with E-state index in [0.717, 1.165) is 5.56 Å². The predicted molar refractivity (Wildman–Crippen MR) is 65.4 cm³/mol. The van der Waals surface area contributed by atoms with Crippen LogP contribution in [-0.2, 0) is 21.2 Å². The number of sulfonamides is 1. The normalized spacial score (nSPS) is 10.6. The van der Waals surface area contributed by atoms with E-state index in [2.05, 4.69) is 4.72 Å². The predicted octanol–water partition coefficient (Wildman–Crippen LogP) is 0.969. The van der Waals surface area contributed by atoms with Crippen molar-refractivity contribution in [2.75, 3.05) is 10.5 Å². The lowest BCUT2D eigenvalue weighted by Crippen LogP contribution is -2.18. The molecule has 18 heavy (non-hydrogen) atoms. The molecule has 0 radical (unpaired) electrons. The monoisotopic (exact) mass is 268 g/mol. The first-order valence-electron chi connectivity index (χ1n) is 5.11. The van der Waals surface area contributed by atoms with Crippen molar-refractivity contribution in [3.63, 3.8) is 0 Å². The molecule has 0 aromatic heterocycles. The Morgan fingerprint density at radius 1 is 1.33 bits per heavy atom. The van der Waals surface area contributed by atoms with Crippen molar-refractivity contribution < 1.29 is 18.3 Å². The summed E-state index contributed by atoms with van der Waals surface area (Å²) in [6.45, 7) is 0. The molecule has 6 nitrogen and oxygen atoms in total. The molecule has 0 saturated heterocycles. The highest BCUT2D eigenvalue weighted by Crippen LogP contribution is 2.12. The maximum absolute atomic E-state index is 11.5. The van der Waals surface area contributed by atoms with E-state index in [4.69, 9.17) is 10.4 Å². The van der Waals surface area contributed by atoms with Gasteiger partial charge in [0, 0.05) is 5.69 Å². The second-order valence-corrected chi connectivity index (χ2v) is 5.44. The van der Waals surface area contributed by atoms with Gasteiger partial charge in [-0.3, -0.25) is 9.52 Å². The molecule has 0 amide bonds. The number of anilines is 1. The molecule has 1 rings (SSSR count). The molecular formula is C11H12N2O4S. The number of aliphatic carboxylic acids is 1. The Hall–Kier alpha value is -2.07. The summed E-state index contributed by atoms with van der Waals surface area (Å²) in [7, 11) is -3.65. The van der Waals surface area contributed by atoms with Gasteiger partial charge in [0.25, 0.3) is 0 Å². The summed E-state index contributed by atoms with van der Waals surface area (Å²) in [5.41, 5.74) is 1.13. The van der Waals surface area contributed by atoms with Crippen LogP contribution in [0.2, 0.25) is 0 Å². The van der Waals surface area contributed by atoms with Crippen molar-refractivity contribution in [3.8, 4) is 6.07 Å². The van der Waals surface area contributed by atoms with E-state index in [0.29, 0.717) is 5.69 Å². The minimum atomic E-state index is -3.65. The smallest absolute Gasteiger partial charge is 0.304 e. The minimum absolute atomic E-state index is 0.256. The van der Waals surface area contributed by atoms with E-state index >= 15 is 0 Å². The van der Waals surface area contributed by atoms with Crippen LogP contribution in [0.25, 0.3) is 0 Å². The lowest BCUT2D eigenvalue weighted by Gasteiger charge is -2.07. The third-order valence-corrected chi connectivity index (χ3v) is 3.38. The molecule has 1 aromatic carbocycles. The number of benzene rings is 1. The molecule has 0 spiro atoms. The van der Waals surface area contributed by atoms with E-state index in [1.54, 1.807) is 12.1 Å². The summed E-state index contributed by atoms with van der Waals surface area (Å²) < 4.78 is 25.2. The molecule has 0 aliphatic rings. The number of carboxylic acid groups (broad SMARTS) is 1. The summed E-state index contributed by atoms with van der Waals surface area (Å²) >= 11 is 0. The third kappa shape index (κ3) is 4.84. The average molecular weight is 268 g/mol. The average Bonchev–Trinajstić information content (AvgIpc) is 2.29. The van der Waals surface area contributed by atoms with Crippen LogP contribution >= 0.6 is 0 Å². The lowest BCUT2D eigenvalue weighted by atomic mass is 10.1. The Morgan fingerprint density at radius 3 is 2.44 bits per heavy atom. The Morgan fingerprint density at radius 2 is 1.94 bits per heavy atom. The maximum Gasteiger partial charge on any atom is 0.304 e. The molecule has 96 valence electrons. The minimum Gasteiger partial charge on any atom is -0.481 e. The fourth-order valence-electron chi connectivity index (χ4n) is 1.23. The summed E-state index contributed by atoms with van der Waals surface area (Å²) in [5, 5.41) is 16.9. The van der Waals surface area contributed by atoms with Gasteiger partial charge in [-0.25, -0.2) is 8.42 Å². The fraction of sp³-hybridized carbons (Fsp3) is 0.273. The van der Waals surface area contributed by atoms with Crippen LogP contribution in [0.5, 0.6) is 0 Å². The number of rotatable bonds is 6. The molecule has 7 heteroatoms. The molecule has 0 unspecified atom stereocenters. The summed E-state index contributed by atoms with van der Waals surface area (Å²) in [6.07, 6.45) is -0.187. The number of nitriles is 1. The molecule has 0 bridgehead atoms. The fourth-order valence-corrected chi connectivity index (χ4v) is 2.27. The number of hydrogen-bond donors (Lipinski definition) is 2. The Kier molecular flexibility index (Phi) is 4.68. The van der Waals surface area contributed by atoms with Crippen LogP contribution in [-0.4, -0.2) is 25.2 Å². The van der Waals surface area contributed by atoms with Gasteiger partial charge in [-0.1, -0.05) is 12.1 Å². The van der Waals surface area contributed by atoms with Gasteiger partial charge < -0.3 is 5.11 Å². The lowest BCUT2D eigenvalue weighted by molar-refractivity contribution is -0.136. The second-order valence-electron chi connectivity index (χ2n) is 3.60. The largest absolute Gasteiger partial charge is 0.481 e. The zero-order chi connectivity index (χ0) is 13.6. The summed E-state index contributed by atoms with van der Waals surface area (Å²) in [5.74, 6) is -1.63. The molecular weight excluding hydrogens is 256 g/mol. The first-order chi connectivity index (χ1) is 8.43. The highest BCUT2D eigenvalue weighted by Gasteiger charge is 2.12. The zero-order valence-corrected chi connectivity index (χ0v) is 10.3. The number of nitrogens with one attached hydrogen (secondary N) is 1. The van der Waals surface area contributed by atoms with Crippen molar-refractivity contribution >= 4 is 21.7 Å². The van der Waals surface area contributed by atoms with Gasteiger partial charge in [0.15, 0.2) is 0 Å². The van der Waals surface area contributed by atoms with Gasteiger partial charge in [0.1, 0.15) is 0 Å². The molecule has 0 aliphatic heterocycles. The van der Waals surface area contributed by atoms with Crippen molar-refractivity contribution in [2.24, 2.45) is 0 Å². The van der Waals surface area contributed by atoms with Gasteiger partial charge in [0.05, 0.1) is 24.7 Å². The van der Waals surface area contributed by atoms with E-state index in [9.17, 15) is 13.2 Å². The van der Waals surface area contributed by atoms with Crippen molar-refractivity contribution in [3.05, 3.63) is 29.8 Å². The first kappa shape index (κ1) is 14.0. The molecule has 1 aromatic rings. The van der Waals surface area contributed by atoms with Crippen molar-refractivity contribution in [1.82, 2.24) is 0 Å². The molecule has 0 fully saturated rings. The van der Waals surface area contributed by atoms with E-state index in [1.165, 1.54) is 12.1 Å². The molecule has 0 saturated carbocycles. The topological polar surface area (TPSA) is 107 Å². The molecule has 2 N–H and O–H groups in total. The Bertz CT molecular complexity index is 558. The quantitative estimate of drug-likeness (QED) is 0.799. The number of nitrogens with zero attached hydrogens (tertiary/aromatic N) is 1. The van der Waals surface area contributed by atoms with Gasteiger partial charge in [-0.05, 0) is 17.7 Å². The SMILES string of the molecule is N#CCc1ccc(NS(=O)(=O)CCC(=O)O)cc1. The van der Waals surface area contributed by atoms with Gasteiger partial charge in [-0.15, -0.1) is 0 Å². The van der Waals surface area contributed by atoms with Crippen molar-refractivity contribution in [1.29, 1.82) is 5.26 Å². The van der Waals surface area contributed by atoms with Crippen LogP contribution in [0.3, 0.4) is 0 Å². The molecule has 0 atom stereocenters. The second kappa shape index (κ2) is 6.02. The Balaban J connectivity index is 2.67. The molecule has 0 heterocycles. The highest BCUT2D eigenvalue weighted by molar-refractivity contribution is 7.92. The molecule has 0 aliphatic carbocycles. The Labute approximate surface area is 105 Å². The van der Waals surface area contributed by atoms with E-state index < -0.39 is 28.2 Å². The van der Waals surface area contributed by atoms with Crippen LogP contribution in [0.1, 0.15) is 12.0 Å². The summed E-state index contributed by atoms with van der Waals surface area (Å²) in [6, 6.07) is 8.32. The van der Waals surface area contributed by atoms with Crippen LogP contribution in [0.4, 0.5) is 5.69 Å². The third-order valence-electron chi connectivity index (χ3n) is 2.10.